The first-order chi connectivity index (χ1) is 22.7. The van der Waals surface area contributed by atoms with Crippen LogP contribution in [0.1, 0.15) is 24.5 Å². The van der Waals surface area contributed by atoms with Crippen LogP contribution in [0, 0.1) is 0 Å². The van der Waals surface area contributed by atoms with E-state index in [9.17, 15) is 18.0 Å². The quantitative estimate of drug-likeness (QED) is 0.179. The summed E-state index contributed by atoms with van der Waals surface area (Å²) >= 11 is 0. The maximum absolute atomic E-state index is 14.6. The van der Waals surface area contributed by atoms with Gasteiger partial charge in [0.1, 0.15) is 18.3 Å². The van der Waals surface area contributed by atoms with Gasteiger partial charge in [0, 0.05) is 25.6 Å². The molecule has 47 heavy (non-hydrogen) atoms. The number of carbonyl (C=O) groups excluding carboxylic acids is 2. The van der Waals surface area contributed by atoms with Gasteiger partial charge in [-0.3, -0.25) is 13.9 Å². The zero-order valence-electron chi connectivity index (χ0n) is 27.1. The number of anilines is 1. The lowest BCUT2D eigenvalue weighted by Crippen LogP contribution is -2.53. The van der Waals surface area contributed by atoms with Crippen molar-refractivity contribution in [2.75, 3.05) is 38.7 Å². The van der Waals surface area contributed by atoms with Crippen LogP contribution in [0.2, 0.25) is 0 Å². The Bertz CT molecular complexity index is 1730. The van der Waals surface area contributed by atoms with E-state index in [1.54, 1.807) is 55.6 Å². The minimum absolute atomic E-state index is 0.0338. The van der Waals surface area contributed by atoms with Crippen LogP contribution >= 0.6 is 0 Å². The van der Waals surface area contributed by atoms with E-state index in [0.717, 1.165) is 9.87 Å². The lowest BCUT2D eigenvalue weighted by Gasteiger charge is -2.34. The number of ether oxygens (including phenoxy) is 3. The van der Waals surface area contributed by atoms with Gasteiger partial charge < -0.3 is 24.4 Å². The molecule has 0 aromatic heterocycles. The number of nitrogens with one attached hydrogen (secondary N) is 1. The Morgan fingerprint density at radius 3 is 2.06 bits per heavy atom. The van der Waals surface area contributed by atoms with Crippen LogP contribution < -0.4 is 23.8 Å². The SMILES string of the molecule is CCCNC(=O)[C@@H](Cc1ccccc1)N(Cc1cccc(OC)c1)C(=O)CN(c1ccccc1)S(=O)(=O)c1ccc(OC)c(OC)c1. The third-order valence-corrected chi connectivity index (χ3v) is 9.34. The van der Waals surface area contributed by atoms with Crippen LogP contribution in [-0.4, -0.2) is 65.6 Å². The van der Waals surface area contributed by atoms with E-state index in [4.69, 9.17) is 14.2 Å². The minimum atomic E-state index is -4.31. The first-order valence-electron chi connectivity index (χ1n) is 15.3. The van der Waals surface area contributed by atoms with Gasteiger partial charge in [-0.15, -0.1) is 0 Å². The summed E-state index contributed by atoms with van der Waals surface area (Å²) < 4.78 is 45.7. The summed E-state index contributed by atoms with van der Waals surface area (Å²) in [5.41, 5.74) is 1.85. The van der Waals surface area contributed by atoms with E-state index >= 15 is 0 Å². The average Bonchev–Trinajstić information content (AvgIpc) is 3.11. The molecule has 1 N–H and O–H groups in total. The molecule has 1 atom stereocenters. The maximum atomic E-state index is 14.6. The molecule has 0 aliphatic heterocycles. The Balaban J connectivity index is 1.81. The van der Waals surface area contributed by atoms with Crippen molar-refractivity contribution in [3.8, 4) is 17.2 Å². The molecule has 0 heterocycles. The fraction of sp³-hybridized carbons (Fsp3) is 0.278. The molecule has 0 saturated heterocycles. The van der Waals surface area contributed by atoms with E-state index in [1.807, 2.05) is 43.3 Å². The van der Waals surface area contributed by atoms with Gasteiger partial charge in [-0.05, 0) is 53.9 Å². The summed E-state index contributed by atoms with van der Waals surface area (Å²) in [4.78, 5) is 29.7. The Kier molecular flexibility index (Phi) is 12.2. The third kappa shape index (κ3) is 8.82. The molecule has 0 fully saturated rings. The van der Waals surface area contributed by atoms with Crippen LogP contribution in [0.3, 0.4) is 0 Å². The second-order valence-corrected chi connectivity index (χ2v) is 12.6. The number of rotatable bonds is 16. The van der Waals surface area contributed by atoms with Gasteiger partial charge in [-0.1, -0.05) is 67.6 Å². The van der Waals surface area contributed by atoms with Crippen LogP contribution in [-0.2, 0) is 32.6 Å². The molecule has 11 heteroatoms. The molecule has 248 valence electrons. The van der Waals surface area contributed by atoms with Crippen molar-refractivity contribution in [2.45, 2.75) is 37.2 Å². The Morgan fingerprint density at radius 2 is 1.43 bits per heavy atom. The normalized spacial score (nSPS) is 11.7. The van der Waals surface area contributed by atoms with E-state index in [0.29, 0.717) is 30.0 Å². The van der Waals surface area contributed by atoms with Gasteiger partial charge in [-0.2, -0.15) is 0 Å². The average molecular weight is 660 g/mol. The molecule has 10 nitrogen and oxygen atoms in total. The van der Waals surface area contributed by atoms with E-state index in [2.05, 4.69) is 5.32 Å². The smallest absolute Gasteiger partial charge is 0.264 e. The monoisotopic (exact) mass is 659 g/mol. The van der Waals surface area contributed by atoms with Crippen LogP contribution in [0.5, 0.6) is 17.2 Å². The van der Waals surface area contributed by atoms with Crippen LogP contribution in [0.25, 0.3) is 0 Å². The summed E-state index contributed by atoms with van der Waals surface area (Å²) in [7, 11) is 0.113. The third-order valence-electron chi connectivity index (χ3n) is 7.57. The number of hydrogen-bond acceptors (Lipinski definition) is 7. The van der Waals surface area contributed by atoms with Gasteiger partial charge in [-0.25, -0.2) is 8.42 Å². The number of benzene rings is 4. The maximum Gasteiger partial charge on any atom is 0.264 e. The van der Waals surface area contributed by atoms with E-state index in [1.165, 1.54) is 37.3 Å². The van der Waals surface area contributed by atoms with Crippen LogP contribution in [0.4, 0.5) is 5.69 Å². The Morgan fingerprint density at radius 1 is 0.766 bits per heavy atom. The molecule has 4 aromatic carbocycles. The number of hydrogen-bond donors (Lipinski definition) is 1. The summed E-state index contributed by atoms with van der Waals surface area (Å²) in [6.07, 6.45) is 0.929. The highest BCUT2D eigenvalue weighted by Gasteiger charge is 2.35. The van der Waals surface area contributed by atoms with Gasteiger partial charge in [0.15, 0.2) is 11.5 Å². The topological polar surface area (TPSA) is 114 Å². The molecule has 0 aliphatic carbocycles. The molecule has 0 radical (unpaired) electrons. The van der Waals surface area contributed by atoms with Crippen molar-refractivity contribution >= 4 is 27.5 Å². The predicted octanol–water partition coefficient (Wildman–Crippen LogP) is 5.07. The molecule has 0 spiro atoms. The second-order valence-electron chi connectivity index (χ2n) is 10.7. The Labute approximate surface area is 276 Å². The highest BCUT2D eigenvalue weighted by atomic mass is 32.2. The number of carbonyl (C=O) groups is 2. The summed E-state index contributed by atoms with van der Waals surface area (Å²) in [6, 6.07) is 28.3. The summed E-state index contributed by atoms with van der Waals surface area (Å²) in [6.45, 7) is 1.83. The molecule has 2 amide bonds. The van der Waals surface area contributed by atoms with Crippen molar-refractivity contribution in [1.82, 2.24) is 10.2 Å². The molecule has 0 bridgehead atoms. The lowest BCUT2D eigenvalue weighted by atomic mass is 10.0. The number of sulfonamides is 1. The second kappa shape index (κ2) is 16.5. The minimum Gasteiger partial charge on any atom is -0.497 e. The number of amides is 2. The van der Waals surface area contributed by atoms with Crippen molar-refractivity contribution < 1.29 is 32.2 Å². The van der Waals surface area contributed by atoms with E-state index in [-0.39, 0.29) is 35.2 Å². The van der Waals surface area contributed by atoms with Gasteiger partial charge in [0.25, 0.3) is 10.0 Å². The molecule has 0 saturated carbocycles. The van der Waals surface area contributed by atoms with E-state index < -0.39 is 28.5 Å². The van der Waals surface area contributed by atoms with Gasteiger partial charge >= 0.3 is 0 Å². The zero-order chi connectivity index (χ0) is 33.8. The standard InChI is InChI=1S/C36H41N3O7S/c1-5-21-37-36(41)32(23-27-13-8-6-9-14-27)38(25-28-15-12-18-30(22-28)44-2)35(40)26-39(29-16-10-7-11-17-29)47(42,43)31-19-20-33(45-3)34(24-31)46-4/h6-20,22,24,32H,5,21,23,25-26H2,1-4H3,(H,37,41)/t32-/m1/s1. The van der Waals surface area contributed by atoms with Gasteiger partial charge in [0.05, 0.1) is 31.9 Å². The van der Waals surface area contributed by atoms with Crippen molar-refractivity contribution in [3.63, 3.8) is 0 Å². The number of methoxy groups -OCH3 is 3. The number of para-hydroxylation sites is 1. The highest BCUT2D eigenvalue weighted by Crippen LogP contribution is 2.32. The van der Waals surface area contributed by atoms with Crippen molar-refractivity contribution in [3.05, 3.63) is 114 Å². The van der Waals surface area contributed by atoms with Crippen molar-refractivity contribution in [1.29, 1.82) is 0 Å². The predicted molar refractivity (Wildman–Crippen MR) is 181 cm³/mol. The van der Waals surface area contributed by atoms with Crippen molar-refractivity contribution in [2.24, 2.45) is 0 Å². The number of nitrogens with zero attached hydrogens (tertiary/aromatic N) is 2. The molecular weight excluding hydrogens is 618 g/mol. The summed E-state index contributed by atoms with van der Waals surface area (Å²) in [5.74, 6) is 0.282. The van der Waals surface area contributed by atoms with Crippen LogP contribution in [0.15, 0.2) is 108 Å². The fourth-order valence-corrected chi connectivity index (χ4v) is 6.54. The lowest BCUT2D eigenvalue weighted by molar-refractivity contribution is -0.140. The first kappa shape index (κ1) is 34.8. The van der Waals surface area contributed by atoms with Gasteiger partial charge in [0.2, 0.25) is 11.8 Å². The zero-order valence-corrected chi connectivity index (χ0v) is 27.9. The molecule has 0 aliphatic rings. The highest BCUT2D eigenvalue weighted by molar-refractivity contribution is 7.92. The largest absolute Gasteiger partial charge is 0.497 e. The molecule has 4 rings (SSSR count). The first-order valence-corrected chi connectivity index (χ1v) is 16.7. The Hall–Kier alpha value is -5.03. The summed E-state index contributed by atoms with van der Waals surface area (Å²) in [5, 5.41) is 2.95. The molecular formula is C36H41N3O7S. The molecule has 4 aromatic rings. The fourth-order valence-electron chi connectivity index (χ4n) is 5.11. The molecule has 0 unspecified atom stereocenters.